The summed E-state index contributed by atoms with van der Waals surface area (Å²) in [5.41, 5.74) is 3.68. The highest BCUT2D eigenvalue weighted by Crippen LogP contribution is 2.10. The Morgan fingerprint density at radius 1 is 0.833 bits per heavy atom. The summed E-state index contributed by atoms with van der Waals surface area (Å²) >= 11 is 0. The molecule has 0 saturated carbocycles. The van der Waals surface area contributed by atoms with Gasteiger partial charge in [0, 0.05) is 16.7 Å². The van der Waals surface area contributed by atoms with E-state index in [-0.39, 0.29) is 0 Å². The Bertz CT molecular complexity index is 673. The number of terminal acetylenes is 1. The van der Waals surface area contributed by atoms with E-state index in [4.69, 9.17) is 6.42 Å². The lowest BCUT2D eigenvalue weighted by atomic mass is 10.1. The quantitative estimate of drug-likeness (QED) is 0.653. The maximum atomic E-state index is 5.44. The summed E-state index contributed by atoms with van der Waals surface area (Å²) in [5.74, 6) is 8.89. The Balaban J connectivity index is 2.44. The molecule has 0 atom stereocenters. The highest BCUT2D eigenvalue weighted by atomic mass is 14.0. The molecule has 2 aromatic carbocycles. The molecule has 0 amide bonds. The second kappa shape index (κ2) is 5.58. The van der Waals surface area contributed by atoms with Crippen LogP contribution in [0.25, 0.3) is 6.08 Å². The van der Waals surface area contributed by atoms with Crippen LogP contribution in [0.4, 0.5) is 0 Å². The standard InChI is InChI=1S/C18H12/c1-3-15-9-5-7-11-17(15)13-14-18-12-8-6-10-16(18)4-2/h1,4-12H,2H2. The molecular formula is C18H12. The van der Waals surface area contributed by atoms with Gasteiger partial charge in [-0.15, -0.1) is 6.42 Å². The predicted octanol–water partition coefficient (Wildman–Crippen LogP) is 3.71. The van der Waals surface area contributed by atoms with Crippen LogP contribution in [-0.4, -0.2) is 0 Å². The molecule has 0 fully saturated rings. The van der Waals surface area contributed by atoms with Crippen molar-refractivity contribution in [2.45, 2.75) is 0 Å². The average Bonchev–Trinajstić information content (AvgIpc) is 2.45. The van der Waals surface area contributed by atoms with Gasteiger partial charge in [-0.25, -0.2) is 0 Å². The van der Waals surface area contributed by atoms with Gasteiger partial charge in [-0.3, -0.25) is 0 Å². The van der Waals surface area contributed by atoms with Crippen LogP contribution in [-0.2, 0) is 0 Å². The molecule has 0 radical (unpaired) electrons. The number of hydrogen-bond donors (Lipinski definition) is 0. The minimum absolute atomic E-state index is 0.820. The summed E-state index contributed by atoms with van der Waals surface area (Å²) in [6.07, 6.45) is 7.24. The first-order valence-corrected chi connectivity index (χ1v) is 5.64. The molecule has 0 spiro atoms. The van der Waals surface area contributed by atoms with Crippen LogP contribution in [0.15, 0.2) is 55.1 Å². The fourth-order valence-electron chi connectivity index (χ4n) is 1.64. The zero-order chi connectivity index (χ0) is 12.8. The van der Waals surface area contributed by atoms with E-state index >= 15 is 0 Å². The van der Waals surface area contributed by atoms with E-state index in [0.717, 1.165) is 22.3 Å². The van der Waals surface area contributed by atoms with E-state index in [0.29, 0.717) is 0 Å². The number of rotatable bonds is 1. The summed E-state index contributed by atoms with van der Waals surface area (Å²) in [5, 5.41) is 0. The Morgan fingerprint density at radius 2 is 1.39 bits per heavy atom. The smallest absolute Gasteiger partial charge is 0.0405 e. The van der Waals surface area contributed by atoms with Gasteiger partial charge >= 0.3 is 0 Å². The predicted molar refractivity (Wildman–Crippen MR) is 76.9 cm³/mol. The molecule has 0 aliphatic carbocycles. The normalized spacial score (nSPS) is 8.83. The number of benzene rings is 2. The fourth-order valence-corrected chi connectivity index (χ4v) is 1.64. The van der Waals surface area contributed by atoms with Crippen molar-refractivity contribution in [2.75, 3.05) is 0 Å². The summed E-state index contributed by atoms with van der Waals surface area (Å²) in [7, 11) is 0. The largest absolute Gasteiger partial charge is 0.115 e. The molecule has 0 aromatic heterocycles. The minimum atomic E-state index is 0.820. The van der Waals surface area contributed by atoms with Crippen molar-refractivity contribution in [3.05, 3.63) is 77.4 Å². The van der Waals surface area contributed by atoms with Crippen LogP contribution < -0.4 is 0 Å². The minimum Gasteiger partial charge on any atom is -0.115 e. The zero-order valence-electron chi connectivity index (χ0n) is 9.98. The van der Waals surface area contributed by atoms with Gasteiger partial charge in [0.15, 0.2) is 0 Å². The van der Waals surface area contributed by atoms with Gasteiger partial charge in [0.05, 0.1) is 0 Å². The summed E-state index contributed by atoms with van der Waals surface area (Å²) in [6, 6.07) is 15.6. The summed E-state index contributed by atoms with van der Waals surface area (Å²) < 4.78 is 0. The molecule has 2 rings (SSSR count). The SMILES string of the molecule is C#Cc1ccccc1C#Cc1ccccc1C=C. The lowest BCUT2D eigenvalue weighted by molar-refractivity contribution is 1.57. The third-order valence-corrected chi connectivity index (χ3v) is 2.60. The van der Waals surface area contributed by atoms with Crippen LogP contribution in [0.1, 0.15) is 22.3 Å². The van der Waals surface area contributed by atoms with Crippen LogP contribution in [0.3, 0.4) is 0 Å². The first-order chi connectivity index (χ1) is 8.85. The van der Waals surface area contributed by atoms with Gasteiger partial charge in [0.1, 0.15) is 0 Å². The molecule has 0 heterocycles. The molecular weight excluding hydrogens is 216 g/mol. The Morgan fingerprint density at radius 3 is 2.06 bits per heavy atom. The molecule has 0 N–H and O–H groups in total. The van der Waals surface area contributed by atoms with Crippen LogP contribution in [0, 0.1) is 24.2 Å². The van der Waals surface area contributed by atoms with Gasteiger partial charge in [-0.2, -0.15) is 0 Å². The lowest BCUT2D eigenvalue weighted by Gasteiger charge is -1.97. The molecule has 2 aromatic rings. The molecule has 0 unspecified atom stereocenters. The first-order valence-electron chi connectivity index (χ1n) is 5.64. The first kappa shape index (κ1) is 11.8. The molecule has 18 heavy (non-hydrogen) atoms. The van der Waals surface area contributed by atoms with Crippen molar-refractivity contribution in [1.82, 2.24) is 0 Å². The van der Waals surface area contributed by atoms with Crippen molar-refractivity contribution < 1.29 is 0 Å². The molecule has 0 heteroatoms. The Kier molecular flexibility index (Phi) is 3.65. The van der Waals surface area contributed by atoms with Gasteiger partial charge in [-0.1, -0.05) is 60.7 Å². The molecule has 0 aliphatic heterocycles. The maximum Gasteiger partial charge on any atom is 0.0405 e. The van der Waals surface area contributed by atoms with E-state index < -0.39 is 0 Å². The van der Waals surface area contributed by atoms with Crippen molar-refractivity contribution in [2.24, 2.45) is 0 Å². The Hall–Kier alpha value is -2.70. The van der Waals surface area contributed by atoms with Crippen LogP contribution >= 0.6 is 0 Å². The van der Waals surface area contributed by atoms with E-state index in [2.05, 4.69) is 24.3 Å². The van der Waals surface area contributed by atoms with Crippen molar-refractivity contribution >= 4 is 6.08 Å². The van der Waals surface area contributed by atoms with Crippen LogP contribution in [0.2, 0.25) is 0 Å². The highest BCUT2D eigenvalue weighted by Gasteiger charge is 1.95. The molecule has 84 valence electrons. The molecule has 0 nitrogen and oxygen atoms in total. The highest BCUT2D eigenvalue weighted by molar-refractivity contribution is 5.60. The summed E-state index contributed by atoms with van der Waals surface area (Å²) in [6.45, 7) is 3.78. The van der Waals surface area contributed by atoms with E-state index in [1.165, 1.54) is 0 Å². The lowest BCUT2D eigenvalue weighted by Crippen LogP contribution is -1.84. The third kappa shape index (κ3) is 2.51. The third-order valence-electron chi connectivity index (χ3n) is 2.60. The second-order valence-electron chi connectivity index (χ2n) is 3.73. The van der Waals surface area contributed by atoms with Crippen molar-refractivity contribution in [1.29, 1.82) is 0 Å². The maximum absolute atomic E-state index is 5.44. The summed E-state index contributed by atoms with van der Waals surface area (Å²) in [4.78, 5) is 0. The van der Waals surface area contributed by atoms with Gasteiger partial charge in [0.25, 0.3) is 0 Å². The van der Waals surface area contributed by atoms with E-state index in [9.17, 15) is 0 Å². The van der Waals surface area contributed by atoms with Crippen LogP contribution in [0.5, 0.6) is 0 Å². The van der Waals surface area contributed by atoms with Crippen molar-refractivity contribution in [3.8, 4) is 24.2 Å². The topological polar surface area (TPSA) is 0 Å². The monoisotopic (exact) mass is 228 g/mol. The molecule has 0 bridgehead atoms. The van der Waals surface area contributed by atoms with Gasteiger partial charge in [-0.05, 0) is 23.8 Å². The molecule has 0 aliphatic rings. The van der Waals surface area contributed by atoms with Gasteiger partial charge < -0.3 is 0 Å². The van der Waals surface area contributed by atoms with E-state index in [1.807, 2.05) is 48.5 Å². The molecule has 0 saturated heterocycles. The van der Waals surface area contributed by atoms with Crippen molar-refractivity contribution in [3.63, 3.8) is 0 Å². The average molecular weight is 228 g/mol. The fraction of sp³-hybridized carbons (Fsp3) is 0. The zero-order valence-corrected chi connectivity index (χ0v) is 9.98. The number of hydrogen-bond acceptors (Lipinski definition) is 0. The van der Waals surface area contributed by atoms with Gasteiger partial charge in [0.2, 0.25) is 0 Å². The van der Waals surface area contributed by atoms with E-state index in [1.54, 1.807) is 6.08 Å². The second-order valence-corrected chi connectivity index (χ2v) is 3.73. The Labute approximate surface area is 108 Å².